The Morgan fingerprint density at radius 2 is 2.07 bits per heavy atom. The van der Waals surface area contributed by atoms with Crippen LogP contribution >= 0.6 is 11.3 Å². The van der Waals surface area contributed by atoms with E-state index in [1.54, 1.807) is 10.6 Å². The van der Waals surface area contributed by atoms with Crippen LogP contribution in [0.25, 0.3) is 20.3 Å². The van der Waals surface area contributed by atoms with E-state index < -0.39 is 0 Å². The Bertz CT molecular complexity index is 1200. The van der Waals surface area contributed by atoms with Crippen LogP contribution < -0.4 is 10.9 Å². The quantitative estimate of drug-likeness (QED) is 0.591. The van der Waals surface area contributed by atoms with Gasteiger partial charge in [0.1, 0.15) is 29.2 Å². The van der Waals surface area contributed by atoms with E-state index in [0.717, 1.165) is 10.3 Å². The van der Waals surface area contributed by atoms with Crippen LogP contribution in [0.5, 0.6) is 0 Å². The van der Waals surface area contributed by atoms with Crippen LogP contribution in [0.1, 0.15) is 11.4 Å². The highest BCUT2D eigenvalue weighted by molar-refractivity contribution is 7.25. The average molecular weight is 381 g/mol. The third-order valence-corrected chi connectivity index (χ3v) is 5.90. The number of aromatic nitrogens is 2. The predicted octanol–water partition coefficient (Wildman–Crippen LogP) is 3.40. The number of halogens is 1. The molecule has 7 heteroatoms. The second-order valence-electron chi connectivity index (χ2n) is 6.50. The van der Waals surface area contributed by atoms with Gasteiger partial charge in [-0.05, 0) is 17.7 Å². The van der Waals surface area contributed by atoms with E-state index in [4.69, 9.17) is 4.74 Å². The predicted molar refractivity (Wildman–Crippen MR) is 103 cm³/mol. The summed E-state index contributed by atoms with van der Waals surface area (Å²) in [5.41, 5.74) is 1.45. The van der Waals surface area contributed by atoms with Crippen LogP contribution in [0.3, 0.4) is 0 Å². The maximum Gasteiger partial charge on any atom is 0.271 e. The molecule has 0 amide bonds. The second-order valence-corrected chi connectivity index (χ2v) is 7.55. The number of ether oxygens (including phenoxy) is 1. The van der Waals surface area contributed by atoms with Crippen molar-refractivity contribution in [3.8, 4) is 0 Å². The van der Waals surface area contributed by atoms with Crippen molar-refractivity contribution in [3.63, 3.8) is 0 Å². The van der Waals surface area contributed by atoms with Gasteiger partial charge in [0.05, 0.1) is 17.4 Å². The molecular formula is C20H16FN3O2S. The molecule has 0 fully saturated rings. The molecule has 0 spiro atoms. The summed E-state index contributed by atoms with van der Waals surface area (Å²) in [5.74, 6) is 0.183. The van der Waals surface area contributed by atoms with Gasteiger partial charge < -0.3 is 4.74 Å². The van der Waals surface area contributed by atoms with Gasteiger partial charge in [0.2, 0.25) is 0 Å². The molecular weight excluding hydrogens is 365 g/mol. The van der Waals surface area contributed by atoms with Crippen molar-refractivity contribution in [2.24, 2.45) is 0 Å². The maximum absolute atomic E-state index is 14.3. The lowest BCUT2D eigenvalue weighted by molar-refractivity contribution is -0.0219. The molecule has 0 bridgehead atoms. The van der Waals surface area contributed by atoms with Gasteiger partial charge in [0, 0.05) is 11.2 Å². The summed E-state index contributed by atoms with van der Waals surface area (Å²) >= 11 is 1.29. The lowest BCUT2D eigenvalue weighted by Gasteiger charge is -2.26. The number of hydrogen-bond acceptors (Lipinski definition) is 5. The van der Waals surface area contributed by atoms with Crippen LogP contribution in [0.2, 0.25) is 0 Å². The monoisotopic (exact) mass is 381 g/mol. The van der Waals surface area contributed by atoms with Gasteiger partial charge in [-0.3, -0.25) is 14.7 Å². The minimum absolute atomic E-state index is 0.134. The molecule has 0 saturated carbocycles. The van der Waals surface area contributed by atoms with E-state index in [9.17, 15) is 9.18 Å². The van der Waals surface area contributed by atoms with Crippen LogP contribution in [0.4, 0.5) is 4.39 Å². The standard InChI is InChI=1S/C20H16FN3O2S/c21-13-7-4-8-14-17(13)18-19(27-14)20(25)24-10-16(26-11-15(24)23-18)22-9-12-5-2-1-3-6-12/h1-8,16,22H,9-11H2. The highest BCUT2D eigenvalue weighted by Gasteiger charge is 2.24. The van der Waals surface area contributed by atoms with Gasteiger partial charge in [-0.1, -0.05) is 36.4 Å². The first-order valence-corrected chi connectivity index (χ1v) is 9.52. The number of benzene rings is 2. The van der Waals surface area contributed by atoms with E-state index in [1.807, 2.05) is 36.4 Å². The molecule has 0 aliphatic carbocycles. The van der Waals surface area contributed by atoms with Crippen molar-refractivity contribution in [3.05, 3.63) is 76.1 Å². The smallest absolute Gasteiger partial charge is 0.271 e. The van der Waals surface area contributed by atoms with Gasteiger partial charge >= 0.3 is 0 Å². The Balaban J connectivity index is 1.49. The maximum atomic E-state index is 14.3. The minimum atomic E-state index is -0.352. The molecule has 0 radical (unpaired) electrons. The van der Waals surface area contributed by atoms with Gasteiger partial charge in [0.25, 0.3) is 5.56 Å². The molecule has 1 atom stereocenters. The van der Waals surface area contributed by atoms with Crippen molar-refractivity contribution >= 4 is 31.6 Å². The zero-order valence-corrected chi connectivity index (χ0v) is 15.1. The summed E-state index contributed by atoms with van der Waals surface area (Å²) in [6, 6.07) is 14.9. The lowest BCUT2D eigenvalue weighted by atomic mass is 10.2. The first-order chi connectivity index (χ1) is 13.2. The summed E-state index contributed by atoms with van der Waals surface area (Å²) in [6.45, 7) is 1.24. The molecule has 5 rings (SSSR count). The summed E-state index contributed by atoms with van der Waals surface area (Å²) in [4.78, 5) is 17.6. The third-order valence-electron chi connectivity index (χ3n) is 4.77. The van der Waals surface area contributed by atoms with E-state index in [1.165, 1.54) is 17.4 Å². The number of nitrogens with zero attached hydrogens (tertiary/aromatic N) is 2. The fraction of sp³-hybridized carbons (Fsp3) is 0.200. The summed E-state index contributed by atoms with van der Waals surface area (Å²) in [7, 11) is 0. The Morgan fingerprint density at radius 3 is 2.93 bits per heavy atom. The molecule has 4 aromatic rings. The number of hydrogen-bond donors (Lipinski definition) is 1. The Hall–Kier alpha value is -2.61. The first kappa shape index (κ1) is 16.6. The topological polar surface area (TPSA) is 56.2 Å². The summed E-state index contributed by atoms with van der Waals surface area (Å²) in [5, 5.41) is 3.74. The fourth-order valence-electron chi connectivity index (χ4n) is 3.42. The molecule has 3 heterocycles. The highest BCUT2D eigenvalue weighted by Crippen LogP contribution is 2.32. The lowest BCUT2D eigenvalue weighted by Crippen LogP contribution is -2.43. The van der Waals surface area contributed by atoms with E-state index in [-0.39, 0.29) is 24.2 Å². The van der Waals surface area contributed by atoms with E-state index in [0.29, 0.717) is 34.5 Å². The first-order valence-electron chi connectivity index (χ1n) is 8.70. The van der Waals surface area contributed by atoms with E-state index in [2.05, 4.69) is 10.3 Å². The molecule has 1 aliphatic rings. The summed E-state index contributed by atoms with van der Waals surface area (Å²) < 4.78 is 22.9. The van der Waals surface area contributed by atoms with Crippen molar-refractivity contribution in [1.29, 1.82) is 0 Å². The van der Waals surface area contributed by atoms with Crippen LogP contribution in [0, 0.1) is 5.82 Å². The van der Waals surface area contributed by atoms with Gasteiger partial charge in [0.15, 0.2) is 0 Å². The number of nitrogens with one attached hydrogen (secondary N) is 1. The Labute approximate surface area is 158 Å². The van der Waals surface area contributed by atoms with Gasteiger partial charge in [-0.25, -0.2) is 9.37 Å². The summed E-state index contributed by atoms with van der Waals surface area (Å²) in [6.07, 6.45) is -0.277. The normalized spacial score (nSPS) is 16.7. The van der Waals surface area contributed by atoms with Crippen molar-refractivity contribution in [1.82, 2.24) is 14.9 Å². The van der Waals surface area contributed by atoms with Crippen LogP contribution in [0.15, 0.2) is 53.3 Å². The number of thiophene rings is 1. The molecule has 0 saturated heterocycles. The van der Waals surface area contributed by atoms with E-state index >= 15 is 0 Å². The van der Waals surface area contributed by atoms with Crippen molar-refractivity contribution in [2.75, 3.05) is 0 Å². The fourth-order valence-corrected chi connectivity index (χ4v) is 4.52. The molecule has 2 aromatic carbocycles. The number of rotatable bonds is 3. The van der Waals surface area contributed by atoms with Crippen molar-refractivity contribution < 1.29 is 9.13 Å². The number of fused-ring (bicyclic) bond motifs is 4. The Kier molecular flexibility index (Phi) is 4.00. The van der Waals surface area contributed by atoms with Crippen LogP contribution in [-0.4, -0.2) is 15.8 Å². The third kappa shape index (κ3) is 2.84. The highest BCUT2D eigenvalue weighted by atomic mass is 32.1. The molecule has 136 valence electrons. The minimum Gasteiger partial charge on any atom is -0.354 e. The zero-order valence-electron chi connectivity index (χ0n) is 14.3. The van der Waals surface area contributed by atoms with Gasteiger partial charge in [-0.2, -0.15) is 0 Å². The zero-order chi connectivity index (χ0) is 18.4. The van der Waals surface area contributed by atoms with Crippen LogP contribution in [-0.2, 0) is 24.4 Å². The molecule has 1 aliphatic heterocycles. The molecule has 5 nitrogen and oxygen atoms in total. The van der Waals surface area contributed by atoms with Crippen molar-refractivity contribution in [2.45, 2.75) is 25.9 Å². The molecule has 1 N–H and O–H groups in total. The van der Waals surface area contributed by atoms with Gasteiger partial charge in [-0.15, -0.1) is 11.3 Å². The average Bonchev–Trinajstić information content (AvgIpc) is 3.08. The Morgan fingerprint density at radius 1 is 1.22 bits per heavy atom. The second kappa shape index (κ2) is 6.53. The molecule has 2 aromatic heterocycles. The molecule has 27 heavy (non-hydrogen) atoms. The largest absolute Gasteiger partial charge is 0.354 e. The molecule has 1 unspecified atom stereocenters. The SMILES string of the molecule is O=c1c2sc3cccc(F)c3c2nc2n1CC(NCc1ccccc1)OC2.